The lowest BCUT2D eigenvalue weighted by Gasteiger charge is -2.32. The van der Waals surface area contributed by atoms with Crippen molar-refractivity contribution in [3.05, 3.63) is 0 Å². The van der Waals surface area contributed by atoms with Crippen molar-refractivity contribution in [2.75, 3.05) is 39.1 Å². The van der Waals surface area contributed by atoms with E-state index in [0.717, 1.165) is 19.4 Å². The van der Waals surface area contributed by atoms with E-state index in [4.69, 9.17) is 4.74 Å². The SMILES string of the molecule is COCCS(=O)(=O)N1CCCC(CNC(C)C)C1. The monoisotopic (exact) mass is 278 g/mol. The summed E-state index contributed by atoms with van der Waals surface area (Å²) in [7, 11) is -1.61. The van der Waals surface area contributed by atoms with Crippen molar-refractivity contribution in [3.63, 3.8) is 0 Å². The minimum Gasteiger partial charge on any atom is -0.384 e. The van der Waals surface area contributed by atoms with Gasteiger partial charge in [-0.05, 0) is 25.3 Å². The van der Waals surface area contributed by atoms with E-state index in [9.17, 15) is 8.42 Å². The summed E-state index contributed by atoms with van der Waals surface area (Å²) in [5.41, 5.74) is 0. The van der Waals surface area contributed by atoms with E-state index in [1.165, 1.54) is 7.11 Å². The molecule has 18 heavy (non-hydrogen) atoms. The Morgan fingerprint density at radius 1 is 1.44 bits per heavy atom. The van der Waals surface area contributed by atoms with Gasteiger partial charge in [0.15, 0.2) is 0 Å². The summed E-state index contributed by atoms with van der Waals surface area (Å²) in [6.07, 6.45) is 2.06. The standard InChI is InChI=1S/C12H26N2O3S/c1-11(2)13-9-12-5-4-6-14(10-12)18(15,16)8-7-17-3/h11-13H,4-10H2,1-3H3. The van der Waals surface area contributed by atoms with Crippen molar-refractivity contribution in [3.8, 4) is 0 Å². The van der Waals surface area contributed by atoms with Gasteiger partial charge < -0.3 is 10.1 Å². The number of hydrogen-bond donors (Lipinski definition) is 1. The maximum Gasteiger partial charge on any atom is 0.216 e. The molecule has 0 radical (unpaired) electrons. The van der Waals surface area contributed by atoms with Gasteiger partial charge in [0.2, 0.25) is 10.0 Å². The highest BCUT2D eigenvalue weighted by atomic mass is 32.2. The summed E-state index contributed by atoms with van der Waals surface area (Å²) >= 11 is 0. The van der Waals surface area contributed by atoms with E-state index in [2.05, 4.69) is 19.2 Å². The van der Waals surface area contributed by atoms with Crippen LogP contribution in [0.3, 0.4) is 0 Å². The van der Waals surface area contributed by atoms with Crippen molar-refractivity contribution >= 4 is 10.0 Å². The van der Waals surface area contributed by atoms with Gasteiger partial charge >= 0.3 is 0 Å². The number of nitrogens with one attached hydrogen (secondary N) is 1. The van der Waals surface area contributed by atoms with Crippen LogP contribution >= 0.6 is 0 Å². The molecular weight excluding hydrogens is 252 g/mol. The highest BCUT2D eigenvalue weighted by molar-refractivity contribution is 7.89. The van der Waals surface area contributed by atoms with Crippen LogP contribution in [-0.2, 0) is 14.8 Å². The zero-order valence-corrected chi connectivity index (χ0v) is 12.5. The molecule has 5 nitrogen and oxygen atoms in total. The summed E-state index contributed by atoms with van der Waals surface area (Å²) in [5, 5.41) is 3.38. The first-order valence-electron chi connectivity index (χ1n) is 6.66. The van der Waals surface area contributed by atoms with Gasteiger partial charge in [0, 0.05) is 26.2 Å². The lowest BCUT2D eigenvalue weighted by Crippen LogP contribution is -2.44. The zero-order chi connectivity index (χ0) is 13.6. The normalized spacial score (nSPS) is 22.6. The van der Waals surface area contributed by atoms with Gasteiger partial charge in [0.05, 0.1) is 12.4 Å². The summed E-state index contributed by atoms with van der Waals surface area (Å²) in [5.74, 6) is 0.520. The molecule has 6 heteroatoms. The van der Waals surface area contributed by atoms with Gasteiger partial charge in [-0.15, -0.1) is 0 Å². The molecule has 0 amide bonds. The summed E-state index contributed by atoms with van der Waals surface area (Å²) in [4.78, 5) is 0. The second-order valence-corrected chi connectivity index (χ2v) is 7.33. The minimum absolute atomic E-state index is 0.0911. The zero-order valence-electron chi connectivity index (χ0n) is 11.7. The first-order valence-corrected chi connectivity index (χ1v) is 8.26. The highest BCUT2D eigenvalue weighted by Gasteiger charge is 2.28. The molecule has 0 spiro atoms. The third-order valence-corrected chi connectivity index (χ3v) is 5.04. The van der Waals surface area contributed by atoms with E-state index >= 15 is 0 Å². The molecule has 1 fully saturated rings. The number of ether oxygens (including phenoxy) is 1. The van der Waals surface area contributed by atoms with Crippen molar-refractivity contribution < 1.29 is 13.2 Å². The van der Waals surface area contributed by atoms with Gasteiger partial charge in [-0.1, -0.05) is 13.8 Å². The molecule has 0 aromatic heterocycles. The quantitative estimate of drug-likeness (QED) is 0.744. The molecule has 0 aliphatic carbocycles. The van der Waals surface area contributed by atoms with E-state index < -0.39 is 10.0 Å². The largest absolute Gasteiger partial charge is 0.384 e. The van der Waals surface area contributed by atoms with Crippen molar-refractivity contribution in [2.24, 2.45) is 5.92 Å². The van der Waals surface area contributed by atoms with Crippen molar-refractivity contribution in [1.82, 2.24) is 9.62 Å². The first kappa shape index (κ1) is 15.9. The average molecular weight is 278 g/mol. The lowest BCUT2D eigenvalue weighted by atomic mass is 9.99. The van der Waals surface area contributed by atoms with Crippen LogP contribution in [-0.4, -0.2) is 57.9 Å². The van der Waals surface area contributed by atoms with Crippen LogP contribution in [0.2, 0.25) is 0 Å². The molecule has 0 aromatic carbocycles. The van der Waals surface area contributed by atoms with Crippen LogP contribution in [0, 0.1) is 5.92 Å². The number of sulfonamides is 1. The fourth-order valence-electron chi connectivity index (χ4n) is 2.17. The summed E-state index contributed by atoms with van der Waals surface area (Å²) in [6.45, 7) is 6.68. The third kappa shape index (κ3) is 5.22. The smallest absolute Gasteiger partial charge is 0.216 e. The maximum absolute atomic E-state index is 12.1. The molecule has 108 valence electrons. The Morgan fingerprint density at radius 3 is 2.78 bits per heavy atom. The van der Waals surface area contributed by atoms with E-state index in [1.807, 2.05) is 0 Å². The van der Waals surface area contributed by atoms with Crippen LogP contribution in [0.5, 0.6) is 0 Å². The summed E-state index contributed by atoms with van der Waals surface area (Å²) < 4.78 is 30.6. The Morgan fingerprint density at radius 2 is 2.17 bits per heavy atom. The molecule has 1 N–H and O–H groups in total. The number of methoxy groups -OCH3 is 1. The topological polar surface area (TPSA) is 58.6 Å². The van der Waals surface area contributed by atoms with E-state index in [0.29, 0.717) is 25.0 Å². The van der Waals surface area contributed by atoms with Crippen LogP contribution in [0.1, 0.15) is 26.7 Å². The van der Waals surface area contributed by atoms with Gasteiger partial charge in [0.1, 0.15) is 0 Å². The number of hydrogen-bond acceptors (Lipinski definition) is 4. The molecular formula is C12H26N2O3S. The lowest BCUT2D eigenvalue weighted by molar-refractivity contribution is 0.212. The van der Waals surface area contributed by atoms with E-state index in [1.54, 1.807) is 4.31 Å². The molecule has 0 bridgehead atoms. The van der Waals surface area contributed by atoms with Crippen LogP contribution < -0.4 is 5.32 Å². The van der Waals surface area contributed by atoms with Crippen molar-refractivity contribution in [2.45, 2.75) is 32.7 Å². The van der Waals surface area contributed by atoms with Gasteiger partial charge in [-0.3, -0.25) is 0 Å². The fraction of sp³-hybridized carbons (Fsp3) is 1.00. The molecule has 1 heterocycles. The molecule has 1 atom stereocenters. The molecule has 1 unspecified atom stereocenters. The summed E-state index contributed by atoms with van der Waals surface area (Å²) in [6, 6.07) is 0.450. The first-order chi connectivity index (χ1) is 8.45. The highest BCUT2D eigenvalue weighted by Crippen LogP contribution is 2.19. The molecule has 1 aliphatic rings. The predicted molar refractivity (Wildman–Crippen MR) is 73.1 cm³/mol. The maximum atomic E-state index is 12.1. The van der Waals surface area contributed by atoms with Crippen molar-refractivity contribution in [1.29, 1.82) is 0 Å². The number of piperidine rings is 1. The average Bonchev–Trinajstić information content (AvgIpc) is 2.34. The molecule has 1 rings (SSSR count). The second kappa shape index (κ2) is 7.43. The number of rotatable bonds is 7. The Labute approximate surface area is 111 Å². The van der Waals surface area contributed by atoms with Crippen LogP contribution in [0.4, 0.5) is 0 Å². The molecule has 1 aliphatic heterocycles. The van der Waals surface area contributed by atoms with Crippen LogP contribution in [0.15, 0.2) is 0 Å². The molecule has 0 saturated carbocycles. The Kier molecular flexibility index (Phi) is 6.55. The van der Waals surface area contributed by atoms with Gasteiger partial charge in [-0.25, -0.2) is 12.7 Å². The molecule has 1 saturated heterocycles. The minimum atomic E-state index is -3.14. The number of nitrogens with zero attached hydrogens (tertiary/aromatic N) is 1. The molecule has 0 aromatic rings. The predicted octanol–water partition coefficient (Wildman–Crippen LogP) is 0.673. The fourth-order valence-corrected chi connectivity index (χ4v) is 3.65. The van der Waals surface area contributed by atoms with E-state index in [-0.39, 0.29) is 12.4 Å². The Hall–Kier alpha value is -0.170. The Bertz CT molecular complexity index is 330. The second-order valence-electron chi connectivity index (χ2n) is 5.24. The van der Waals surface area contributed by atoms with Gasteiger partial charge in [0.25, 0.3) is 0 Å². The van der Waals surface area contributed by atoms with Gasteiger partial charge in [-0.2, -0.15) is 0 Å². The Balaban J connectivity index is 2.47. The van der Waals surface area contributed by atoms with Crippen LogP contribution in [0.25, 0.3) is 0 Å². The third-order valence-electron chi connectivity index (χ3n) is 3.24.